The molecule has 0 saturated carbocycles. The Morgan fingerprint density at radius 2 is 1.55 bits per heavy atom. The second-order valence-electron chi connectivity index (χ2n) is 7.07. The van der Waals surface area contributed by atoms with Crippen molar-refractivity contribution in [2.24, 2.45) is 0 Å². The molecule has 1 aliphatic heterocycles. The van der Waals surface area contributed by atoms with E-state index in [1.165, 1.54) is 28.4 Å². The van der Waals surface area contributed by atoms with E-state index in [-0.39, 0.29) is 17.2 Å². The maximum absolute atomic E-state index is 6.38. The fraction of sp³-hybridized carbons (Fsp3) is 0.647. The second-order valence-corrected chi connectivity index (χ2v) is 8.32. The summed E-state index contributed by atoms with van der Waals surface area (Å²) in [7, 11) is 0. The van der Waals surface area contributed by atoms with Crippen molar-refractivity contribution in [3.63, 3.8) is 0 Å². The molecule has 0 aliphatic carbocycles. The van der Waals surface area contributed by atoms with E-state index in [4.69, 9.17) is 4.84 Å². The highest BCUT2D eigenvalue weighted by molar-refractivity contribution is 14.1. The number of rotatable bonds is 3. The van der Waals surface area contributed by atoms with Crippen LogP contribution in [0.1, 0.15) is 65.5 Å². The van der Waals surface area contributed by atoms with Gasteiger partial charge in [-0.1, -0.05) is 12.1 Å². The molecule has 1 saturated heterocycles. The lowest BCUT2D eigenvalue weighted by Gasteiger charge is -2.52. The first-order chi connectivity index (χ1) is 9.22. The van der Waals surface area contributed by atoms with Gasteiger partial charge in [0.2, 0.25) is 0 Å². The lowest BCUT2D eigenvalue weighted by Crippen LogP contribution is -2.58. The van der Waals surface area contributed by atoms with E-state index in [1.807, 2.05) is 0 Å². The molecule has 1 heterocycles. The van der Waals surface area contributed by atoms with Gasteiger partial charge in [0.05, 0.1) is 0 Å². The lowest BCUT2D eigenvalue weighted by molar-refractivity contribution is -0.304. The Kier molecular flexibility index (Phi) is 4.82. The molecular formula is C17H26INO. The normalized spacial score (nSPS) is 23.5. The minimum atomic E-state index is 0.0867. The van der Waals surface area contributed by atoms with Crippen LogP contribution in [-0.2, 0) is 4.84 Å². The molecule has 0 N–H and O–H groups in total. The molecule has 0 amide bonds. The highest BCUT2D eigenvalue weighted by atomic mass is 127. The highest BCUT2D eigenvalue weighted by Crippen LogP contribution is 2.40. The van der Waals surface area contributed by atoms with Crippen molar-refractivity contribution in [3.8, 4) is 0 Å². The zero-order valence-electron chi connectivity index (χ0n) is 13.2. The van der Waals surface area contributed by atoms with Crippen LogP contribution in [0, 0.1) is 3.57 Å². The van der Waals surface area contributed by atoms with Crippen LogP contribution in [0.3, 0.4) is 0 Å². The number of piperidine rings is 1. The van der Waals surface area contributed by atoms with Crippen molar-refractivity contribution < 1.29 is 4.84 Å². The molecule has 1 fully saturated rings. The van der Waals surface area contributed by atoms with Crippen LogP contribution < -0.4 is 0 Å². The van der Waals surface area contributed by atoms with Gasteiger partial charge in [-0.2, -0.15) is 5.06 Å². The minimum absolute atomic E-state index is 0.0867. The Balaban J connectivity index is 2.16. The van der Waals surface area contributed by atoms with Gasteiger partial charge in [-0.3, -0.25) is 4.84 Å². The molecule has 1 atom stereocenters. The van der Waals surface area contributed by atoms with Gasteiger partial charge >= 0.3 is 0 Å². The van der Waals surface area contributed by atoms with Crippen molar-refractivity contribution in [1.82, 2.24) is 5.06 Å². The van der Waals surface area contributed by atoms with Crippen LogP contribution in [-0.4, -0.2) is 16.1 Å². The topological polar surface area (TPSA) is 12.5 Å². The maximum Gasteiger partial charge on any atom is 0.102 e. The van der Waals surface area contributed by atoms with Crippen molar-refractivity contribution >= 4 is 22.6 Å². The van der Waals surface area contributed by atoms with Crippen LogP contribution in [0.25, 0.3) is 0 Å². The third-order valence-corrected chi connectivity index (χ3v) is 5.00. The summed E-state index contributed by atoms with van der Waals surface area (Å²) in [6, 6.07) is 8.61. The lowest BCUT2D eigenvalue weighted by atomic mass is 9.82. The van der Waals surface area contributed by atoms with E-state index in [2.05, 4.69) is 86.5 Å². The molecule has 1 aliphatic rings. The van der Waals surface area contributed by atoms with Gasteiger partial charge in [-0.25, -0.2) is 0 Å². The Morgan fingerprint density at radius 3 is 2.05 bits per heavy atom. The zero-order valence-corrected chi connectivity index (χ0v) is 15.4. The van der Waals surface area contributed by atoms with Crippen LogP contribution in [0.2, 0.25) is 0 Å². The average Bonchev–Trinajstić information content (AvgIpc) is 2.34. The van der Waals surface area contributed by atoms with Gasteiger partial charge in [0, 0.05) is 14.6 Å². The van der Waals surface area contributed by atoms with Crippen molar-refractivity contribution in [1.29, 1.82) is 0 Å². The summed E-state index contributed by atoms with van der Waals surface area (Å²) in [6.45, 7) is 11.3. The number of nitrogens with zero attached hydrogens (tertiary/aromatic N) is 1. The van der Waals surface area contributed by atoms with Crippen molar-refractivity contribution in [3.05, 3.63) is 33.4 Å². The maximum atomic E-state index is 6.38. The number of hydrogen-bond acceptors (Lipinski definition) is 2. The van der Waals surface area contributed by atoms with Crippen molar-refractivity contribution in [2.45, 2.75) is 71.1 Å². The molecule has 1 unspecified atom stereocenters. The quantitative estimate of drug-likeness (QED) is 0.651. The standard InChI is InChI=1S/C17H26INO/c1-13(14-7-9-15(18)10-8-14)20-19-16(2,3)11-6-12-17(19,4)5/h7-10,13H,6,11-12H2,1-5H3. The van der Waals surface area contributed by atoms with Crippen molar-refractivity contribution in [2.75, 3.05) is 0 Å². The minimum Gasteiger partial charge on any atom is -0.290 e. The summed E-state index contributed by atoms with van der Waals surface area (Å²) in [6.07, 6.45) is 3.74. The van der Waals surface area contributed by atoms with E-state index in [0.29, 0.717) is 0 Å². The smallest absolute Gasteiger partial charge is 0.102 e. The summed E-state index contributed by atoms with van der Waals surface area (Å²) in [5, 5.41) is 2.24. The Morgan fingerprint density at radius 1 is 1.05 bits per heavy atom. The third kappa shape index (κ3) is 3.55. The van der Waals surface area contributed by atoms with E-state index >= 15 is 0 Å². The fourth-order valence-corrected chi connectivity index (χ4v) is 3.57. The Bertz CT molecular complexity index is 437. The Hall–Kier alpha value is -0.130. The molecule has 0 bridgehead atoms. The largest absolute Gasteiger partial charge is 0.290 e. The monoisotopic (exact) mass is 387 g/mol. The van der Waals surface area contributed by atoms with Gasteiger partial charge in [0.15, 0.2) is 0 Å². The fourth-order valence-electron chi connectivity index (χ4n) is 3.21. The zero-order chi connectivity index (χ0) is 15.0. The molecule has 2 nitrogen and oxygen atoms in total. The molecule has 1 aromatic rings. The first-order valence-electron chi connectivity index (χ1n) is 7.45. The highest BCUT2D eigenvalue weighted by Gasteiger charge is 2.43. The van der Waals surface area contributed by atoms with Gasteiger partial charge in [-0.05, 0) is 94.2 Å². The average molecular weight is 387 g/mol. The number of benzene rings is 1. The first-order valence-corrected chi connectivity index (χ1v) is 8.53. The molecule has 112 valence electrons. The van der Waals surface area contributed by atoms with Crippen LogP contribution in [0.4, 0.5) is 0 Å². The van der Waals surface area contributed by atoms with Gasteiger partial charge in [-0.15, -0.1) is 0 Å². The molecule has 1 aromatic carbocycles. The predicted octanol–water partition coefficient (Wildman–Crippen LogP) is 5.33. The second kappa shape index (κ2) is 5.93. The molecule has 0 radical (unpaired) electrons. The van der Waals surface area contributed by atoms with Gasteiger partial charge < -0.3 is 0 Å². The van der Waals surface area contributed by atoms with Crippen LogP contribution >= 0.6 is 22.6 Å². The van der Waals surface area contributed by atoms with E-state index in [9.17, 15) is 0 Å². The number of halogens is 1. The number of hydroxylamine groups is 2. The van der Waals surface area contributed by atoms with E-state index in [1.54, 1.807) is 0 Å². The predicted molar refractivity (Wildman–Crippen MR) is 92.5 cm³/mol. The summed E-state index contributed by atoms with van der Waals surface area (Å²) in [5.41, 5.74) is 1.43. The molecule has 0 aromatic heterocycles. The van der Waals surface area contributed by atoms with Crippen LogP contribution in [0.5, 0.6) is 0 Å². The Labute approximate surface area is 137 Å². The van der Waals surface area contributed by atoms with E-state index < -0.39 is 0 Å². The van der Waals surface area contributed by atoms with Gasteiger partial charge in [0.25, 0.3) is 0 Å². The summed E-state index contributed by atoms with van der Waals surface area (Å²) in [5.74, 6) is 0. The summed E-state index contributed by atoms with van der Waals surface area (Å²) in [4.78, 5) is 6.38. The van der Waals surface area contributed by atoms with E-state index in [0.717, 1.165) is 0 Å². The van der Waals surface area contributed by atoms with Crippen LogP contribution in [0.15, 0.2) is 24.3 Å². The molecule has 2 rings (SSSR count). The third-order valence-electron chi connectivity index (χ3n) is 4.28. The molecule has 0 spiro atoms. The molecular weight excluding hydrogens is 361 g/mol. The summed E-state index contributed by atoms with van der Waals surface area (Å²) < 4.78 is 1.26. The first kappa shape index (κ1) is 16.2. The SMILES string of the molecule is CC(ON1C(C)(C)CCCC1(C)C)c1ccc(I)cc1. The molecule has 20 heavy (non-hydrogen) atoms. The summed E-state index contributed by atoms with van der Waals surface area (Å²) >= 11 is 2.33. The molecule has 3 heteroatoms. The number of hydrogen-bond donors (Lipinski definition) is 0. The van der Waals surface area contributed by atoms with Gasteiger partial charge in [0.1, 0.15) is 6.10 Å².